The Morgan fingerprint density at radius 3 is 0.735 bits per heavy atom. The molecule has 8 heteroatoms. The van der Waals surface area contributed by atoms with Crippen LogP contribution in [-0.2, 0) is 33.4 Å². The first-order valence-electron chi connectivity index (χ1n) is 37.5. The Morgan fingerprint density at radius 1 is 0.277 bits per heavy atom. The number of ketones is 1. The fourth-order valence-electron chi connectivity index (χ4n) is 12.1. The molecule has 1 N–H and O–H groups in total. The monoisotopic (exact) mass is 1170 g/mol. The highest BCUT2D eigenvalue weighted by Gasteiger charge is 2.55. The van der Waals surface area contributed by atoms with Crippen molar-refractivity contribution in [2.75, 3.05) is 19.8 Å². The van der Waals surface area contributed by atoms with Gasteiger partial charge in [0.25, 0.3) is 0 Å². The summed E-state index contributed by atoms with van der Waals surface area (Å²) in [4.78, 5) is 56.0. The van der Waals surface area contributed by atoms with Gasteiger partial charge in [0.05, 0.1) is 26.2 Å². The van der Waals surface area contributed by atoms with Crippen LogP contribution in [0.2, 0.25) is 0 Å². The lowest BCUT2D eigenvalue weighted by molar-refractivity contribution is -0.188. The number of hydrogen-bond donors (Lipinski definition) is 1. The maximum atomic E-state index is 14.2. The van der Waals surface area contributed by atoms with Crippen LogP contribution in [0, 0.1) is 5.92 Å². The molecule has 83 heavy (non-hydrogen) atoms. The van der Waals surface area contributed by atoms with Crippen molar-refractivity contribution in [3.63, 3.8) is 0 Å². The Morgan fingerprint density at radius 2 is 0.482 bits per heavy atom. The molecule has 2 atom stereocenters. The van der Waals surface area contributed by atoms with Gasteiger partial charge in [-0.3, -0.25) is 14.4 Å². The first kappa shape index (κ1) is 81.0. The van der Waals surface area contributed by atoms with E-state index >= 15 is 0 Å². The van der Waals surface area contributed by atoms with Gasteiger partial charge in [-0.25, -0.2) is 4.79 Å². The minimum absolute atomic E-state index is 0.00822. The number of hydrogen-bond acceptors (Lipinski definition) is 8. The number of aliphatic hydroxyl groups is 1. The molecule has 2 unspecified atom stereocenters. The largest absolute Gasteiger partial charge is 0.466 e. The number of esters is 3. The third-order valence-electron chi connectivity index (χ3n) is 17.8. The minimum Gasteiger partial charge on any atom is -0.466 e. The molecular formula is C75H144O8. The van der Waals surface area contributed by atoms with Crippen LogP contribution in [0.4, 0.5) is 0 Å². The van der Waals surface area contributed by atoms with E-state index in [9.17, 15) is 24.3 Å². The summed E-state index contributed by atoms with van der Waals surface area (Å²) in [7, 11) is 0. The van der Waals surface area contributed by atoms with Crippen molar-refractivity contribution < 1.29 is 38.5 Å². The lowest BCUT2D eigenvalue weighted by atomic mass is 9.80. The average molecular weight is 1170 g/mol. The second-order valence-corrected chi connectivity index (χ2v) is 26.1. The Hall–Kier alpha value is -1.96. The summed E-state index contributed by atoms with van der Waals surface area (Å²) in [5.41, 5.74) is -2.72. The van der Waals surface area contributed by atoms with E-state index in [0.29, 0.717) is 25.7 Å². The number of carbonyl (C=O) groups is 4. The fraction of sp³-hybridized carbons (Fsp3) is 0.947. The summed E-state index contributed by atoms with van der Waals surface area (Å²) in [6.07, 6.45) is 72.5. The van der Waals surface area contributed by atoms with Crippen molar-refractivity contribution in [1.29, 1.82) is 0 Å². The number of ether oxygens (including phenoxy) is 3. The van der Waals surface area contributed by atoms with Gasteiger partial charge in [0.15, 0.2) is 17.3 Å². The van der Waals surface area contributed by atoms with Gasteiger partial charge in [-0.1, -0.05) is 387 Å². The summed E-state index contributed by atoms with van der Waals surface area (Å²) < 4.78 is 17.1. The summed E-state index contributed by atoms with van der Waals surface area (Å²) in [5.74, 6) is -5.30. The molecule has 0 fully saturated rings. The fourth-order valence-corrected chi connectivity index (χ4v) is 12.1. The molecule has 0 aliphatic carbocycles. The highest BCUT2D eigenvalue weighted by atomic mass is 16.6. The van der Waals surface area contributed by atoms with Crippen LogP contribution in [0.1, 0.15) is 426 Å². The quantitative estimate of drug-likeness (QED) is 0.0277. The van der Waals surface area contributed by atoms with Gasteiger partial charge < -0.3 is 19.3 Å². The van der Waals surface area contributed by atoms with Crippen LogP contribution < -0.4 is 0 Å². The predicted octanol–water partition coefficient (Wildman–Crippen LogP) is 23.8. The average Bonchev–Trinajstić information content (AvgIpc) is 3.58. The van der Waals surface area contributed by atoms with E-state index < -0.39 is 41.6 Å². The molecule has 0 saturated carbocycles. The SMILES string of the molecule is CCCCCCCCCCCCCCCCCCCCOC(=O)CC(O)(C(=O)OCCCCCCCCCCCCCCCCCCCC)C(C(=O)CCCCCCCC)C(=O)OCCCCCCCCCCCCCCCCCCCC. The van der Waals surface area contributed by atoms with Gasteiger partial charge in [0.2, 0.25) is 0 Å². The normalized spacial score (nSPS) is 12.6. The second-order valence-electron chi connectivity index (χ2n) is 26.1. The molecule has 0 bridgehead atoms. The van der Waals surface area contributed by atoms with Gasteiger partial charge in [-0.05, 0) is 25.7 Å². The van der Waals surface area contributed by atoms with Crippen molar-refractivity contribution in [2.45, 2.75) is 431 Å². The Kier molecular flexibility index (Phi) is 64.4. The van der Waals surface area contributed by atoms with E-state index in [4.69, 9.17) is 14.2 Å². The minimum atomic E-state index is -2.72. The molecule has 0 aromatic rings. The number of Topliss-reactive ketones (excluding diaryl/α,β-unsaturated/α-hetero) is 1. The van der Waals surface area contributed by atoms with Crippen LogP contribution in [0.5, 0.6) is 0 Å². The molecule has 0 saturated heterocycles. The number of carbonyl (C=O) groups excluding carboxylic acids is 4. The molecule has 0 amide bonds. The summed E-state index contributed by atoms with van der Waals surface area (Å²) in [5, 5.41) is 12.4. The zero-order valence-corrected chi connectivity index (χ0v) is 56.3. The van der Waals surface area contributed by atoms with Crippen LogP contribution in [0.25, 0.3) is 0 Å². The highest BCUT2D eigenvalue weighted by Crippen LogP contribution is 2.30. The Labute approximate surface area is 517 Å². The van der Waals surface area contributed by atoms with Crippen molar-refractivity contribution in [1.82, 2.24) is 0 Å². The van der Waals surface area contributed by atoms with Crippen molar-refractivity contribution in [3.05, 3.63) is 0 Å². The van der Waals surface area contributed by atoms with E-state index in [-0.39, 0.29) is 26.2 Å². The standard InChI is InChI=1S/C75H144O8/c1-5-9-13-17-21-24-27-30-33-36-39-42-45-48-51-54-58-62-66-81-71(77)69-75(80,74(79)83-68-64-60-56-53-50-47-44-41-38-35-32-29-26-23-19-15-11-7-3)72(70(76)65-61-57-20-16-12-8-4)73(78)82-67-63-59-55-52-49-46-43-40-37-34-31-28-25-22-18-14-10-6-2/h72,80H,5-69H2,1-4H3. The molecule has 0 radical (unpaired) electrons. The zero-order chi connectivity index (χ0) is 60.5. The van der Waals surface area contributed by atoms with Crippen LogP contribution in [0.15, 0.2) is 0 Å². The number of unbranched alkanes of at least 4 members (excludes halogenated alkanes) is 56. The third-order valence-corrected chi connectivity index (χ3v) is 17.8. The third kappa shape index (κ3) is 55.1. The summed E-state index contributed by atoms with van der Waals surface area (Å²) in [6.45, 7) is 9.28. The molecule has 0 aliphatic rings. The molecule has 0 heterocycles. The summed E-state index contributed by atoms with van der Waals surface area (Å²) >= 11 is 0. The van der Waals surface area contributed by atoms with E-state index in [1.165, 1.54) is 270 Å². The molecule has 0 aliphatic heterocycles. The van der Waals surface area contributed by atoms with Crippen LogP contribution in [0.3, 0.4) is 0 Å². The van der Waals surface area contributed by atoms with E-state index in [1.54, 1.807) is 0 Å². The molecular weight excluding hydrogens is 1030 g/mol. The molecule has 0 rings (SSSR count). The van der Waals surface area contributed by atoms with E-state index in [2.05, 4.69) is 27.7 Å². The molecule has 0 aromatic heterocycles. The van der Waals surface area contributed by atoms with Crippen molar-refractivity contribution in [2.24, 2.45) is 5.92 Å². The van der Waals surface area contributed by atoms with Crippen molar-refractivity contribution in [3.8, 4) is 0 Å². The Balaban J connectivity index is 5.22. The first-order valence-corrected chi connectivity index (χ1v) is 37.5. The van der Waals surface area contributed by atoms with Gasteiger partial charge in [0, 0.05) is 6.42 Å². The summed E-state index contributed by atoms with van der Waals surface area (Å²) in [6, 6.07) is 0. The van der Waals surface area contributed by atoms with Gasteiger partial charge in [0.1, 0.15) is 0 Å². The van der Waals surface area contributed by atoms with Gasteiger partial charge in [-0.15, -0.1) is 0 Å². The van der Waals surface area contributed by atoms with Crippen LogP contribution in [-0.4, -0.2) is 54.2 Å². The maximum absolute atomic E-state index is 14.2. The molecule has 492 valence electrons. The lowest BCUT2D eigenvalue weighted by Gasteiger charge is -2.31. The highest BCUT2D eigenvalue weighted by molar-refractivity contribution is 6.06. The smallest absolute Gasteiger partial charge is 0.340 e. The van der Waals surface area contributed by atoms with E-state index in [1.807, 2.05) is 0 Å². The molecule has 0 aromatic carbocycles. The Bertz CT molecular complexity index is 1370. The molecule has 0 spiro atoms. The van der Waals surface area contributed by atoms with Gasteiger partial charge >= 0.3 is 17.9 Å². The van der Waals surface area contributed by atoms with Crippen molar-refractivity contribution >= 4 is 23.7 Å². The maximum Gasteiger partial charge on any atom is 0.340 e. The topological polar surface area (TPSA) is 116 Å². The van der Waals surface area contributed by atoms with Gasteiger partial charge in [-0.2, -0.15) is 0 Å². The molecule has 8 nitrogen and oxygen atoms in total. The first-order chi connectivity index (χ1) is 40.8. The second kappa shape index (κ2) is 66.0. The van der Waals surface area contributed by atoms with E-state index in [0.717, 1.165) is 89.9 Å². The van der Waals surface area contributed by atoms with Crippen LogP contribution >= 0.6 is 0 Å². The number of rotatable bonds is 70. The lowest BCUT2D eigenvalue weighted by Crippen LogP contribution is -2.55. The predicted molar refractivity (Wildman–Crippen MR) is 355 cm³/mol. The zero-order valence-electron chi connectivity index (χ0n) is 56.3.